The maximum Gasteiger partial charge on any atom is 0.419 e. The first kappa shape index (κ1) is 8.96. The lowest BCUT2D eigenvalue weighted by atomic mass is 10.2. The van der Waals surface area contributed by atoms with Gasteiger partial charge in [-0.1, -0.05) is 18.2 Å². The fourth-order valence-corrected chi connectivity index (χ4v) is 2.02. The third-order valence-corrected chi connectivity index (χ3v) is 2.71. The first-order valence-corrected chi connectivity index (χ1v) is 4.79. The van der Waals surface area contributed by atoms with E-state index in [1.165, 1.54) is 0 Å². The summed E-state index contributed by atoms with van der Waals surface area (Å²) in [6, 6.07) is 7.47. The van der Waals surface area contributed by atoms with Crippen LogP contribution in [0.2, 0.25) is 0 Å². The van der Waals surface area contributed by atoms with Gasteiger partial charge < -0.3 is 8.98 Å². The van der Waals surface area contributed by atoms with Gasteiger partial charge in [-0.15, -0.1) is 0 Å². The van der Waals surface area contributed by atoms with Crippen LogP contribution in [0.3, 0.4) is 0 Å². The summed E-state index contributed by atoms with van der Waals surface area (Å²) in [5, 5.41) is 0.838. The van der Waals surface area contributed by atoms with Crippen molar-refractivity contribution in [3.63, 3.8) is 0 Å². The number of H-pyrrole nitrogens is 1. The van der Waals surface area contributed by atoms with E-state index in [1.807, 2.05) is 24.3 Å². The molecule has 0 aliphatic heterocycles. The fraction of sp³-hybridized carbons (Fsp3) is 0.0909. The molecule has 0 radical (unpaired) electrons. The van der Waals surface area contributed by atoms with Crippen molar-refractivity contribution in [2.75, 3.05) is 0 Å². The maximum atomic E-state index is 11.6. The van der Waals surface area contributed by atoms with E-state index in [9.17, 15) is 9.59 Å². The first-order valence-electron chi connectivity index (χ1n) is 4.79. The zero-order valence-electron chi connectivity index (χ0n) is 8.48. The first-order chi connectivity index (χ1) is 7.68. The molecule has 0 unspecified atom stereocenters. The molecule has 0 aliphatic rings. The SMILES string of the molecule is Cn1c2ccccc2c2[nH]c(=O)oc(=O)c21. The molecule has 0 bridgehead atoms. The van der Waals surface area contributed by atoms with Gasteiger partial charge in [-0.2, -0.15) is 0 Å². The summed E-state index contributed by atoms with van der Waals surface area (Å²) in [4.78, 5) is 25.3. The van der Waals surface area contributed by atoms with Crippen LogP contribution in [0.1, 0.15) is 0 Å². The molecular formula is C11H8N2O3. The predicted molar refractivity (Wildman–Crippen MR) is 59.6 cm³/mol. The van der Waals surface area contributed by atoms with Crippen LogP contribution in [0.5, 0.6) is 0 Å². The van der Waals surface area contributed by atoms with Gasteiger partial charge in [0.05, 0.1) is 11.0 Å². The minimum absolute atomic E-state index is 0.376. The number of nitrogens with zero attached hydrogens (tertiary/aromatic N) is 1. The molecule has 1 aromatic carbocycles. The number of rotatable bonds is 0. The van der Waals surface area contributed by atoms with Crippen molar-refractivity contribution in [1.82, 2.24) is 9.55 Å². The Morgan fingerprint density at radius 1 is 1.25 bits per heavy atom. The molecule has 3 aromatic rings. The van der Waals surface area contributed by atoms with E-state index in [0.29, 0.717) is 11.0 Å². The summed E-state index contributed by atoms with van der Waals surface area (Å²) in [5.74, 6) is -0.728. The third kappa shape index (κ3) is 0.995. The van der Waals surface area contributed by atoms with E-state index < -0.39 is 11.4 Å². The van der Waals surface area contributed by atoms with Crippen molar-refractivity contribution < 1.29 is 4.42 Å². The van der Waals surface area contributed by atoms with Crippen molar-refractivity contribution in [2.45, 2.75) is 0 Å². The van der Waals surface area contributed by atoms with Crippen molar-refractivity contribution in [1.29, 1.82) is 0 Å². The van der Waals surface area contributed by atoms with Gasteiger partial charge in [0, 0.05) is 12.4 Å². The van der Waals surface area contributed by atoms with Gasteiger partial charge in [0.2, 0.25) is 0 Å². The van der Waals surface area contributed by atoms with Crippen LogP contribution in [-0.4, -0.2) is 9.55 Å². The van der Waals surface area contributed by atoms with Crippen LogP contribution >= 0.6 is 0 Å². The molecule has 0 atom stereocenters. The Bertz CT molecular complexity index is 807. The second-order valence-electron chi connectivity index (χ2n) is 3.60. The standard InChI is InChI=1S/C11H8N2O3/c1-13-7-5-3-2-4-6(7)8-9(13)10(14)16-11(15)12-8/h2-5H,1H3,(H,12,15). The average Bonchev–Trinajstić information content (AvgIpc) is 2.54. The number of benzene rings is 1. The molecule has 80 valence electrons. The topological polar surface area (TPSA) is 68.0 Å². The Morgan fingerprint density at radius 3 is 2.81 bits per heavy atom. The Kier molecular flexibility index (Phi) is 1.60. The highest BCUT2D eigenvalue weighted by molar-refractivity contribution is 6.04. The molecule has 16 heavy (non-hydrogen) atoms. The lowest BCUT2D eigenvalue weighted by Crippen LogP contribution is -2.15. The second kappa shape index (κ2) is 2.85. The Hall–Kier alpha value is -2.30. The van der Waals surface area contributed by atoms with Crippen LogP contribution in [0, 0.1) is 0 Å². The smallest absolute Gasteiger partial charge is 0.371 e. The molecule has 0 saturated heterocycles. The molecule has 0 fully saturated rings. The monoisotopic (exact) mass is 216 g/mol. The third-order valence-electron chi connectivity index (χ3n) is 2.71. The highest BCUT2D eigenvalue weighted by atomic mass is 16.4. The fourth-order valence-electron chi connectivity index (χ4n) is 2.02. The Balaban J connectivity index is 2.78. The van der Waals surface area contributed by atoms with E-state index in [1.54, 1.807) is 11.6 Å². The van der Waals surface area contributed by atoms with Gasteiger partial charge in [-0.3, -0.25) is 4.98 Å². The van der Waals surface area contributed by atoms with Crippen LogP contribution < -0.4 is 11.4 Å². The summed E-state index contributed by atoms with van der Waals surface area (Å²) in [7, 11) is 1.76. The van der Waals surface area contributed by atoms with Crippen LogP contribution in [0.4, 0.5) is 0 Å². The Labute approximate surface area is 88.9 Å². The summed E-state index contributed by atoms with van der Waals surface area (Å²) in [6.07, 6.45) is 0. The van der Waals surface area contributed by atoms with Crippen molar-refractivity contribution in [3.8, 4) is 0 Å². The molecule has 5 heteroatoms. The summed E-state index contributed by atoms with van der Waals surface area (Å²) < 4.78 is 6.23. The number of fused-ring (bicyclic) bond motifs is 3. The van der Waals surface area contributed by atoms with Gasteiger partial charge in [0.25, 0.3) is 0 Å². The van der Waals surface area contributed by atoms with E-state index in [2.05, 4.69) is 9.40 Å². The van der Waals surface area contributed by atoms with E-state index in [4.69, 9.17) is 0 Å². The minimum atomic E-state index is -0.728. The van der Waals surface area contributed by atoms with Crippen molar-refractivity contribution >= 4 is 21.9 Å². The molecule has 0 saturated carbocycles. The lowest BCUT2D eigenvalue weighted by molar-refractivity contribution is 0.458. The zero-order chi connectivity index (χ0) is 11.3. The number of nitrogens with one attached hydrogen (secondary N) is 1. The van der Waals surface area contributed by atoms with Crippen LogP contribution in [0.25, 0.3) is 21.9 Å². The van der Waals surface area contributed by atoms with Gasteiger partial charge in [0.1, 0.15) is 0 Å². The minimum Gasteiger partial charge on any atom is -0.371 e. The summed E-state index contributed by atoms with van der Waals surface area (Å²) in [6.45, 7) is 0. The number of para-hydroxylation sites is 1. The molecule has 1 N–H and O–H groups in total. The van der Waals surface area contributed by atoms with Gasteiger partial charge in [0.15, 0.2) is 5.52 Å². The average molecular weight is 216 g/mol. The Morgan fingerprint density at radius 2 is 2.00 bits per heavy atom. The van der Waals surface area contributed by atoms with Gasteiger partial charge in [-0.25, -0.2) is 9.59 Å². The molecule has 2 heterocycles. The molecule has 2 aromatic heterocycles. The van der Waals surface area contributed by atoms with Crippen LogP contribution in [-0.2, 0) is 7.05 Å². The molecule has 0 aliphatic carbocycles. The largest absolute Gasteiger partial charge is 0.419 e. The number of aryl methyl sites for hydroxylation is 1. The number of aromatic amines is 1. The summed E-state index contributed by atoms with van der Waals surface area (Å²) in [5.41, 5.74) is 1.17. The van der Waals surface area contributed by atoms with E-state index in [-0.39, 0.29) is 0 Å². The zero-order valence-corrected chi connectivity index (χ0v) is 8.48. The number of hydrogen-bond donors (Lipinski definition) is 1. The van der Waals surface area contributed by atoms with Crippen molar-refractivity contribution in [2.24, 2.45) is 7.05 Å². The number of aromatic nitrogens is 2. The predicted octanol–water partition coefficient (Wildman–Crippen LogP) is 0.973. The molecular weight excluding hydrogens is 208 g/mol. The molecule has 0 amide bonds. The maximum absolute atomic E-state index is 11.6. The highest BCUT2D eigenvalue weighted by Gasteiger charge is 2.12. The van der Waals surface area contributed by atoms with Crippen LogP contribution in [0.15, 0.2) is 38.3 Å². The van der Waals surface area contributed by atoms with E-state index >= 15 is 0 Å². The second-order valence-corrected chi connectivity index (χ2v) is 3.60. The molecule has 0 spiro atoms. The van der Waals surface area contributed by atoms with E-state index in [0.717, 1.165) is 10.9 Å². The van der Waals surface area contributed by atoms with Gasteiger partial charge >= 0.3 is 11.4 Å². The quantitative estimate of drug-likeness (QED) is 0.608. The molecule has 3 rings (SSSR count). The summed E-state index contributed by atoms with van der Waals surface area (Å²) >= 11 is 0. The van der Waals surface area contributed by atoms with Gasteiger partial charge in [-0.05, 0) is 6.07 Å². The number of hydrogen-bond acceptors (Lipinski definition) is 3. The molecule has 5 nitrogen and oxygen atoms in total. The highest BCUT2D eigenvalue weighted by Crippen LogP contribution is 2.22. The van der Waals surface area contributed by atoms with Crippen molar-refractivity contribution in [3.05, 3.63) is 45.2 Å². The lowest BCUT2D eigenvalue weighted by Gasteiger charge is -1.93. The normalized spacial score (nSPS) is 11.3.